The van der Waals surface area contributed by atoms with E-state index in [0.717, 1.165) is 0 Å². The number of anilines is 1. The van der Waals surface area contributed by atoms with Gasteiger partial charge in [0.25, 0.3) is 11.3 Å². The molecule has 0 unspecified atom stereocenters. The third-order valence-electron chi connectivity index (χ3n) is 3.86. The van der Waals surface area contributed by atoms with Crippen molar-refractivity contribution in [1.29, 1.82) is 0 Å². The van der Waals surface area contributed by atoms with Gasteiger partial charge in [0.1, 0.15) is 5.82 Å². The van der Waals surface area contributed by atoms with E-state index in [1.807, 2.05) is 0 Å². The van der Waals surface area contributed by atoms with Crippen LogP contribution in [-0.2, 0) is 11.2 Å². The molecule has 0 saturated heterocycles. The zero-order valence-corrected chi connectivity index (χ0v) is 15.6. The molecule has 3 aromatic rings. The van der Waals surface area contributed by atoms with Gasteiger partial charge in [0, 0.05) is 39.8 Å². The molecule has 3 rings (SSSR count). The maximum absolute atomic E-state index is 12.4. The Labute approximate surface area is 163 Å². The molecule has 144 valence electrons. The van der Waals surface area contributed by atoms with Gasteiger partial charge >= 0.3 is 0 Å². The first kappa shape index (κ1) is 19.7. The van der Waals surface area contributed by atoms with E-state index in [2.05, 4.69) is 20.3 Å². The number of rotatable bonds is 6. The molecule has 9 heteroatoms. The molecule has 1 amide bonds. The molecular formula is C19H16F2N4O2S. The SMILES string of the molecule is Cc1nc(-c2cccnc2)[nH]c(=O)c1CC(=O)Nc1ccc(SC(F)F)cc1. The maximum atomic E-state index is 12.4. The standard InChI is InChI=1S/C19H16F2N4O2S/c1-11-15(18(27)25-17(23-11)12-3-2-8-22-10-12)9-16(26)24-13-4-6-14(7-5-13)28-19(20)21/h2-8,10,19H,9H2,1H3,(H,24,26)(H,23,25,27). The van der Waals surface area contributed by atoms with E-state index in [1.54, 1.807) is 31.5 Å². The summed E-state index contributed by atoms with van der Waals surface area (Å²) in [5.74, 6) is -2.53. The Morgan fingerprint density at radius 3 is 2.61 bits per heavy atom. The lowest BCUT2D eigenvalue weighted by Gasteiger charge is -2.09. The monoisotopic (exact) mass is 402 g/mol. The molecule has 0 fully saturated rings. The summed E-state index contributed by atoms with van der Waals surface area (Å²) in [5.41, 5.74) is 1.43. The number of pyridine rings is 1. The molecule has 1 aromatic carbocycles. The fourth-order valence-electron chi connectivity index (χ4n) is 2.54. The number of nitrogens with zero attached hydrogens (tertiary/aromatic N) is 2. The molecule has 0 aliphatic carbocycles. The van der Waals surface area contributed by atoms with Crippen LogP contribution >= 0.6 is 11.8 Å². The molecule has 2 heterocycles. The Balaban J connectivity index is 1.71. The first-order valence-corrected chi connectivity index (χ1v) is 9.15. The Hall–Kier alpha value is -3.07. The molecule has 0 radical (unpaired) electrons. The predicted molar refractivity (Wildman–Crippen MR) is 103 cm³/mol. The van der Waals surface area contributed by atoms with Crippen molar-refractivity contribution in [1.82, 2.24) is 15.0 Å². The van der Waals surface area contributed by atoms with Gasteiger partial charge < -0.3 is 10.3 Å². The van der Waals surface area contributed by atoms with Crippen molar-refractivity contribution in [2.75, 3.05) is 5.32 Å². The van der Waals surface area contributed by atoms with Crippen LogP contribution in [0.25, 0.3) is 11.4 Å². The van der Waals surface area contributed by atoms with E-state index in [-0.39, 0.29) is 12.0 Å². The lowest BCUT2D eigenvalue weighted by molar-refractivity contribution is -0.115. The number of aromatic nitrogens is 3. The number of carbonyl (C=O) groups excluding carboxylic acids is 1. The summed E-state index contributed by atoms with van der Waals surface area (Å²) < 4.78 is 24.7. The van der Waals surface area contributed by atoms with E-state index in [4.69, 9.17) is 0 Å². The second kappa shape index (κ2) is 8.75. The molecule has 2 aromatic heterocycles. The van der Waals surface area contributed by atoms with Crippen molar-refractivity contribution in [3.05, 3.63) is 70.4 Å². The van der Waals surface area contributed by atoms with E-state index in [0.29, 0.717) is 39.4 Å². The van der Waals surface area contributed by atoms with E-state index in [1.165, 1.54) is 24.3 Å². The van der Waals surface area contributed by atoms with Crippen LogP contribution in [0.1, 0.15) is 11.3 Å². The minimum atomic E-state index is -2.50. The minimum absolute atomic E-state index is 0.158. The van der Waals surface area contributed by atoms with E-state index >= 15 is 0 Å². The number of nitrogens with one attached hydrogen (secondary N) is 2. The van der Waals surface area contributed by atoms with Gasteiger partial charge in [0.15, 0.2) is 0 Å². The van der Waals surface area contributed by atoms with Crippen LogP contribution in [-0.4, -0.2) is 26.6 Å². The Morgan fingerprint density at radius 1 is 1.25 bits per heavy atom. The van der Waals surface area contributed by atoms with E-state index < -0.39 is 17.2 Å². The van der Waals surface area contributed by atoms with Gasteiger partial charge in [-0.2, -0.15) is 8.78 Å². The average Bonchev–Trinajstić information content (AvgIpc) is 2.66. The Kier molecular flexibility index (Phi) is 6.15. The highest BCUT2D eigenvalue weighted by molar-refractivity contribution is 7.99. The summed E-state index contributed by atoms with van der Waals surface area (Å²) in [4.78, 5) is 36.1. The van der Waals surface area contributed by atoms with Crippen molar-refractivity contribution in [3.63, 3.8) is 0 Å². The van der Waals surface area contributed by atoms with Crippen LogP contribution in [0.15, 0.2) is 58.5 Å². The van der Waals surface area contributed by atoms with Crippen molar-refractivity contribution in [3.8, 4) is 11.4 Å². The average molecular weight is 402 g/mol. The molecule has 28 heavy (non-hydrogen) atoms. The number of amides is 1. The molecule has 6 nitrogen and oxygen atoms in total. The first-order chi connectivity index (χ1) is 13.4. The number of alkyl halides is 2. The van der Waals surface area contributed by atoms with Crippen LogP contribution in [0.5, 0.6) is 0 Å². The predicted octanol–water partition coefficient (Wildman–Crippen LogP) is 3.64. The number of halogens is 2. The number of H-pyrrole nitrogens is 1. The number of hydrogen-bond donors (Lipinski definition) is 2. The van der Waals surface area contributed by atoms with Gasteiger partial charge in [-0.25, -0.2) is 4.98 Å². The molecule has 0 spiro atoms. The van der Waals surface area contributed by atoms with Gasteiger partial charge in [0.2, 0.25) is 5.91 Å². The number of hydrogen-bond acceptors (Lipinski definition) is 5. The highest BCUT2D eigenvalue weighted by atomic mass is 32.2. The van der Waals surface area contributed by atoms with Crippen LogP contribution in [0.2, 0.25) is 0 Å². The number of thioether (sulfide) groups is 1. The van der Waals surface area contributed by atoms with Crippen molar-refractivity contribution in [2.45, 2.75) is 24.0 Å². The van der Waals surface area contributed by atoms with Crippen LogP contribution in [0.4, 0.5) is 14.5 Å². The summed E-state index contributed by atoms with van der Waals surface area (Å²) in [6.45, 7) is 1.66. The normalized spacial score (nSPS) is 10.9. The van der Waals surface area contributed by atoms with Crippen LogP contribution < -0.4 is 10.9 Å². The fraction of sp³-hybridized carbons (Fsp3) is 0.158. The van der Waals surface area contributed by atoms with Gasteiger partial charge in [-0.05, 0) is 43.3 Å². The van der Waals surface area contributed by atoms with Gasteiger partial charge in [0.05, 0.1) is 6.42 Å². The number of aromatic amines is 1. The lowest BCUT2D eigenvalue weighted by atomic mass is 10.1. The maximum Gasteiger partial charge on any atom is 0.288 e. The van der Waals surface area contributed by atoms with Crippen molar-refractivity contribution < 1.29 is 13.6 Å². The highest BCUT2D eigenvalue weighted by Gasteiger charge is 2.14. The van der Waals surface area contributed by atoms with E-state index in [9.17, 15) is 18.4 Å². The largest absolute Gasteiger partial charge is 0.326 e. The van der Waals surface area contributed by atoms with Gasteiger partial charge in [-0.15, -0.1) is 0 Å². The third kappa shape index (κ3) is 5.01. The lowest BCUT2D eigenvalue weighted by Crippen LogP contribution is -2.23. The summed E-state index contributed by atoms with van der Waals surface area (Å²) in [6, 6.07) is 9.56. The number of aryl methyl sites for hydroxylation is 1. The van der Waals surface area contributed by atoms with Crippen molar-refractivity contribution in [2.24, 2.45) is 0 Å². The molecule has 0 saturated carbocycles. The minimum Gasteiger partial charge on any atom is -0.326 e. The van der Waals surface area contributed by atoms with Crippen molar-refractivity contribution >= 4 is 23.4 Å². The molecule has 0 atom stereocenters. The smallest absolute Gasteiger partial charge is 0.288 e. The molecule has 0 aliphatic rings. The first-order valence-electron chi connectivity index (χ1n) is 8.27. The molecule has 0 bridgehead atoms. The third-order valence-corrected chi connectivity index (χ3v) is 4.58. The van der Waals surface area contributed by atoms with Crippen LogP contribution in [0.3, 0.4) is 0 Å². The summed E-state index contributed by atoms with van der Waals surface area (Å²) in [5, 5.41) is 2.65. The number of benzene rings is 1. The summed E-state index contributed by atoms with van der Waals surface area (Å²) in [7, 11) is 0. The fourth-order valence-corrected chi connectivity index (χ4v) is 3.04. The highest BCUT2D eigenvalue weighted by Crippen LogP contribution is 2.26. The van der Waals surface area contributed by atoms with Gasteiger partial charge in [-0.3, -0.25) is 14.6 Å². The number of carbonyl (C=O) groups is 1. The zero-order valence-electron chi connectivity index (χ0n) is 14.8. The summed E-state index contributed by atoms with van der Waals surface area (Å²) in [6.07, 6.45) is 3.04. The molecular weight excluding hydrogens is 386 g/mol. The second-order valence-electron chi connectivity index (χ2n) is 5.85. The zero-order chi connectivity index (χ0) is 20.1. The van der Waals surface area contributed by atoms with Crippen LogP contribution in [0, 0.1) is 6.92 Å². The summed E-state index contributed by atoms with van der Waals surface area (Å²) >= 11 is 0.428. The molecule has 2 N–H and O–H groups in total. The Morgan fingerprint density at radius 2 is 2.00 bits per heavy atom. The molecule has 0 aliphatic heterocycles. The van der Waals surface area contributed by atoms with Gasteiger partial charge in [-0.1, -0.05) is 11.8 Å². The Bertz CT molecular complexity index is 1020. The quantitative estimate of drug-likeness (QED) is 0.615. The topological polar surface area (TPSA) is 87.7 Å². The second-order valence-corrected chi connectivity index (χ2v) is 6.91.